The molecule has 1 N–H and O–H groups in total. The second-order valence-electron chi connectivity index (χ2n) is 4.21. The maximum Gasteiger partial charge on any atom is 0.402 e. The molecule has 0 unspecified atom stereocenters. The maximum absolute atomic E-state index is 12.5. The molecule has 10 heteroatoms. The Kier molecular flexibility index (Phi) is 5.83. The van der Waals surface area contributed by atoms with E-state index in [1.54, 1.807) is 6.92 Å². The Balaban J connectivity index is 3.19. The molecule has 0 aliphatic carbocycles. The summed E-state index contributed by atoms with van der Waals surface area (Å²) in [6, 6.07) is 1.08. The van der Waals surface area contributed by atoms with E-state index >= 15 is 0 Å². The highest BCUT2D eigenvalue weighted by atomic mass is 35.5. The van der Waals surface area contributed by atoms with Crippen molar-refractivity contribution >= 4 is 27.4 Å². The highest BCUT2D eigenvalue weighted by molar-refractivity contribution is 7.89. The van der Waals surface area contributed by atoms with E-state index in [2.05, 4.69) is 10.3 Å². The SMILES string of the molecule is CCCN(CC(F)(F)F)S(=O)(=O)c1cnc(NC)c(Cl)c1. The Labute approximate surface area is 126 Å². The standard InChI is InChI=1S/C11H15ClF3N3O2S/c1-3-4-18(7-11(13,14)15)21(19,20)8-5-9(12)10(16-2)17-6-8/h5-6H,3-4,7H2,1-2H3,(H,16,17). The average Bonchev–Trinajstić information content (AvgIpc) is 2.36. The van der Waals surface area contributed by atoms with E-state index in [4.69, 9.17) is 11.6 Å². The van der Waals surface area contributed by atoms with Gasteiger partial charge in [0.05, 0.1) is 5.02 Å². The van der Waals surface area contributed by atoms with Crippen molar-refractivity contribution in [1.29, 1.82) is 0 Å². The number of anilines is 1. The topological polar surface area (TPSA) is 62.3 Å². The van der Waals surface area contributed by atoms with Crippen molar-refractivity contribution in [3.05, 3.63) is 17.3 Å². The van der Waals surface area contributed by atoms with Gasteiger partial charge >= 0.3 is 6.18 Å². The summed E-state index contributed by atoms with van der Waals surface area (Å²) in [6.07, 6.45) is -3.39. The Bertz CT molecular complexity index is 593. The van der Waals surface area contributed by atoms with Crippen molar-refractivity contribution in [2.24, 2.45) is 0 Å². The molecule has 21 heavy (non-hydrogen) atoms. The van der Waals surface area contributed by atoms with Crippen molar-refractivity contribution < 1.29 is 21.6 Å². The summed E-state index contributed by atoms with van der Waals surface area (Å²) in [4.78, 5) is 3.40. The molecule has 0 saturated carbocycles. The number of halogens is 4. The van der Waals surface area contributed by atoms with E-state index in [1.165, 1.54) is 7.05 Å². The molecule has 5 nitrogen and oxygen atoms in total. The summed E-state index contributed by atoms with van der Waals surface area (Å²) in [5, 5.41) is 2.65. The zero-order chi connectivity index (χ0) is 16.3. The van der Waals surface area contributed by atoms with Gasteiger partial charge in [0, 0.05) is 19.8 Å². The second-order valence-corrected chi connectivity index (χ2v) is 6.55. The van der Waals surface area contributed by atoms with Gasteiger partial charge in [-0.05, 0) is 12.5 Å². The quantitative estimate of drug-likeness (QED) is 0.861. The fraction of sp³-hybridized carbons (Fsp3) is 0.545. The number of nitrogens with zero attached hydrogens (tertiary/aromatic N) is 2. The molecule has 0 aliphatic heterocycles. The average molecular weight is 346 g/mol. The van der Waals surface area contributed by atoms with Crippen LogP contribution in [0.4, 0.5) is 19.0 Å². The summed E-state index contributed by atoms with van der Waals surface area (Å²) >= 11 is 5.82. The van der Waals surface area contributed by atoms with Crippen LogP contribution in [-0.2, 0) is 10.0 Å². The molecule has 0 fully saturated rings. The van der Waals surface area contributed by atoms with E-state index in [0.717, 1.165) is 12.3 Å². The minimum Gasteiger partial charge on any atom is -0.372 e. The Morgan fingerprint density at radius 1 is 1.43 bits per heavy atom. The molecule has 0 radical (unpaired) electrons. The van der Waals surface area contributed by atoms with Crippen LogP contribution in [0.2, 0.25) is 5.02 Å². The van der Waals surface area contributed by atoms with Crippen molar-refractivity contribution in [1.82, 2.24) is 9.29 Å². The minimum atomic E-state index is -4.62. The highest BCUT2D eigenvalue weighted by Crippen LogP contribution is 2.26. The van der Waals surface area contributed by atoms with Crippen LogP contribution in [0.5, 0.6) is 0 Å². The zero-order valence-corrected chi connectivity index (χ0v) is 13.0. The van der Waals surface area contributed by atoms with Crippen LogP contribution in [-0.4, -0.2) is 44.0 Å². The number of hydrogen-bond acceptors (Lipinski definition) is 4. The smallest absolute Gasteiger partial charge is 0.372 e. The molecule has 0 aromatic carbocycles. The summed E-state index contributed by atoms with van der Waals surface area (Å²) in [6.45, 7) is -0.198. The summed E-state index contributed by atoms with van der Waals surface area (Å²) in [5.41, 5.74) is 0. The predicted octanol–water partition coefficient (Wildman–Crippen LogP) is 2.74. The Morgan fingerprint density at radius 3 is 2.48 bits per heavy atom. The number of alkyl halides is 3. The van der Waals surface area contributed by atoms with E-state index in [1.807, 2.05) is 0 Å². The summed E-state index contributed by atoms with van der Waals surface area (Å²) < 4.78 is 62.4. The molecule has 0 bridgehead atoms. The lowest BCUT2D eigenvalue weighted by Gasteiger charge is -2.22. The first-order valence-corrected chi connectivity index (χ1v) is 7.83. The normalized spacial score (nSPS) is 12.7. The van der Waals surface area contributed by atoms with Crippen molar-refractivity contribution in [3.8, 4) is 0 Å². The number of sulfonamides is 1. The van der Waals surface area contributed by atoms with E-state index < -0.39 is 22.7 Å². The Morgan fingerprint density at radius 2 is 2.05 bits per heavy atom. The van der Waals surface area contributed by atoms with E-state index in [0.29, 0.717) is 4.31 Å². The zero-order valence-electron chi connectivity index (χ0n) is 11.4. The van der Waals surface area contributed by atoms with Crippen LogP contribution in [0.3, 0.4) is 0 Å². The van der Waals surface area contributed by atoms with Gasteiger partial charge in [-0.1, -0.05) is 18.5 Å². The van der Waals surface area contributed by atoms with Gasteiger partial charge in [0.2, 0.25) is 10.0 Å². The maximum atomic E-state index is 12.5. The molecule has 1 heterocycles. The molecule has 0 saturated heterocycles. The first-order chi connectivity index (χ1) is 9.61. The summed E-state index contributed by atoms with van der Waals surface area (Å²) in [5.74, 6) is 0.244. The van der Waals surface area contributed by atoms with Gasteiger partial charge in [0.25, 0.3) is 0 Å². The molecule has 120 valence electrons. The molecule has 1 aromatic rings. The van der Waals surface area contributed by atoms with Gasteiger partial charge in [-0.3, -0.25) is 0 Å². The van der Waals surface area contributed by atoms with Gasteiger partial charge < -0.3 is 5.32 Å². The molecule has 0 spiro atoms. The fourth-order valence-corrected chi connectivity index (χ4v) is 3.44. The van der Waals surface area contributed by atoms with Gasteiger partial charge in [-0.25, -0.2) is 13.4 Å². The highest BCUT2D eigenvalue weighted by Gasteiger charge is 2.36. The Hall–Kier alpha value is -1.06. The van der Waals surface area contributed by atoms with Crippen LogP contribution in [0.25, 0.3) is 0 Å². The minimum absolute atomic E-state index is 0.0158. The van der Waals surface area contributed by atoms with Gasteiger partial charge in [0.1, 0.15) is 17.3 Å². The van der Waals surface area contributed by atoms with Crippen LogP contribution < -0.4 is 5.32 Å². The fourth-order valence-electron chi connectivity index (χ4n) is 1.63. The lowest BCUT2D eigenvalue weighted by atomic mass is 10.4. The second kappa shape index (κ2) is 6.80. The summed E-state index contributed by atoms with van der Waals surface area (Å²) in [7, 11) is -2.77. The number of hydrogen-bond donors (Lipinski definition) is 1. The molecule has 0 amide bonds. The van der Waals surface area contributed by atoms with Crippen LogP contribution in [0.1, 0.15) is 13.3 Å². The largest absolute Gasteiger partial charge is 0.402 e. The van der Waals surface area contributed by atoms with E-state index in [9.17, 15) is 21.6 Å². The predicted molar refractivity (Wildman–Crippen MR) is 73.9 cm³/mol. The van der Waals surface area contributed by atoms with Gasteiger partial charge in [-0.15, -0.1) is 0 Å². The number of nitrogens with one attached hydrogen (secondary N) is 1. The molecule has 1 rings (SSSR count). The molecule has 0 aliphatic rings. The van der Waals surface area contributed by atoms with Crippen LogP contribution >= 0.6 is 11.6 Å². The van der Waals surface area contributed by atoms with Crippen LogP contribution in [0, 0.1) is 0 Å². The number of pyridine rings is 1. The van der Waals surface area contributed by atoms with Crippen molar-refractivity contribution in [3.63, 3.8) is 0 Å². The molecule has 0 atom stereocenters. The third-order valence-corrected chi connectivity index (χ3v) is 4.62. The first-order valence-electron chi connectivity index (χ1n) is 6.02. The number of rotatable bonds is 6. The lowest BCUT2D eigenvalue weighted by molar-refractivity contribution is -0.136. The molecular formula is C11H15ClF3N3O2S. The van der Waals surface area contributed by atoms with Crippen LogP contribution in [0.15, 0.2) is 17.2 Å². The van der Waals surface area contributed by atoms with Crippen molar-refractivity contribution in [2.75, 3.05) is 25.5 Å². The van der Waals surface area contributed by atoms with Crippen molar-refractivity contribution in [2.45, 2.75) is 24.4 Å². The number of aromatic nitrogens is 1. The molecular weight excluding hydrogens is 331 g/mol. The van der Waals surface area contributed by atoms with Gasteiger partial charge in [-0.2, -0.15) is 17.5 Å². The van der Waals surface area contributed by atoms with Gasteiger partial charge in [0.15, 0.2) is 0 Å². The molecule has 1 aromatic heterocycles. The third-order valence-electron chi connectivity index (χ3n) is 2.52. The third kappa shape index (κ3) is 4.72. The monoisotopic (exact) mass is 345 g/mol. The van der Waals surface area contributed by atoms with E-state index in [-0.39, 0.29) is 28.7 Å². The lowest BCUT2D eigenvalue weighted by Crippen LogP contribution is -2.39. The first kappa shape index (κ1) is 18.0.